The lowest BCUT2D eigenvalue weighted by Crippen LogP contribution is -2.59. The van der Waals surface area contributed by atoms with E-state index in [4.69, 9.17) is 4.74 Å². The molecule has 0 unspecified atom stereocenters. The van der Waals surface area contributed by atoms with Gasteiger partial charge >= 0.3 is 0 Å². The summed E-state index contributed by atoms with van der Waals surface area (Å²) in [6.07, 6.45) is 7.81. The van der Waals surface area contributed by atoms with Gasteiger partial charge in [0.2, 0.25) is 0 Å². The Morgan fingerprint density at radius 2 is 1.92 bits per heavy atom. The SMILES string of the molecule is CC(=O)[C@H]1C[C@H](C)[C@H]2[C@@H]3C[C@@H]4O[C@@]45CC[C@H](O)C[C@]5(C)[C@H]3CC[C@@]21C. The zero-order chi connectivity index (χ0) is 17.8. The first-order valence-electron chi connectivity index (χ1n) is 10.6. The van der Waals surface area contributed by atoms with Crippen molar-refractivity contribution in [2.75, 3.05) is 0 Å². The van der Waals surface area contributed by atoms with Crippen molar-refractivity contribution in [3.8, 4) is 0 Å². The number of aliphatic hydroxyl groups is 1. The lowest BCUT2D eigenvalue weighted by Gasteiger charge is -2.59. The first-order chi connectivity index (χ1) is 11.7. The van der Waals surface area contributed by atoms with Crippen molar-refractivity contribution in [2.24, 2.45) is 40.4 Å². The minimum absolute atomic E-state index is 0.0724. The average Bonchev–Trinajstić information content (AvgIpc) is 3.16. The molecule has 3 heteroatoms. The zero-order valence-corrected chi connectivity index (χ0v) is 16.3. The monoisotopic (exact) mass is 346 g/mol. The fourth-order valence-electron chi connectivity index (χ4n) is 8.91. The van der Waals surface area contributed by atoms with E-state index in [1.807, 2.05) is 6.92 Å². The van der Waals surface area contributed by atoms with Gasteiger partial charge in [-0.25, -0.2) is 0 Å². The molecule has 5 rings (SSSR count). The molecule has 10 atom stereocenters. The summed E-state index contributed by atoms with van der Waals surface area (Å²) < 4.78 is 6.43. The van der Waals surface area contributed by atoms with E-state index < -0.39 is 0 Å². The number of ketones is 1. The maximum absolute atomic E-state index is 12.4. The highest BCUT2D eigenvalue weighted by molar-refractivity contribution is 5.79. The molecule has 25 heavy (non-hydrogen) atoms. The van der Waals surface area contributed by atoms with Crippen LogP contribution in [-0.2, 0) is 9.53 Å². The number of Topliss-reactive ketones (excluding diaryl/α,β-unsaturated/α-hetero) is 1. The van der Waals surface area contributed by atoms with Crippen molar-refractivity contribution >= 4 is 5.78 Å². The number of carbonyl (C=O) groups excluding carboxylic acids is 1. The minimum atomic E-state index is -0.154. The van der Waals surface area contributed by atoms with Gasteiger partial charge < -0.3 is 9.84 Å². The average molecular weight is 347 g/mol. The standard InChI is InChI=1S/C22H34O3/c1-12-9-17(13(2)23)20(3)7-6-16-15(19(12)20)10-18-22(25-18)8-5-14(24)11-21(16,22)4/h12,14-19,24H,5-11H2,1-4H3/t12-,14-,15+,16-,17+,18-,19-,20+,21+,22-/m0/s1. The van der Waals surface area contributed by atoms with Gasteiger partial charge in [0.1, 0.15) is 11.4 Å². The van der Waals surface area contributed by atoms with Crippen LogP contribution in [0, 0.1) is 40.4 Å². The van der Waals surface area contributed by atoms with Crippen LogP contribution in [0.4, 0.5) is 0 Å². The molecule has 4 saturated carbocycles. The van der Waals surface area contributed by atoms with Crippen LogP contribution < -0.4 is 0 Å². The smallest absolute Gasteiger partial charge is 0.133 e. The minimum Gasteiger partial charge on any atom is -0.393 e. The normalized spacial score (nSPS) is 62.4. The number of carbonyl (C=O) groups is 1. The molecule has 3 nitrogen and oxygen atoms in total. The summed E-state index contributed by atoms with van der Waals surface area (Å²) in [7, 11) is 0. The van der Waals surface area contributed by atoms with Crippen LogP contribution in [0.1, 0.15) is 72.6 Å². The summed E-state index contributed by atoms with van der Waals surface area (Å²) in [5.41, 5.74) is 0.390. The Kier molecular flexibility index (Phi) is 3.28. The molecule has 1 saturated heterocycles. The molecule has 5 aliphatic rings. The molecule has 0 aromatic rings. The second kappa shape index (κ2) is 4.90. The Balaban J connectivity index is 1.53. The number of rotatable bonds is 1. The number of ether oxygens (including phenoxy) is 1. The van der Waals surface area contributed by atoms with Crippen LogP contribution in [0.2, 0.25) is 0 Å². The molecule has 1 N–H and O–H groups in total. The Labute approximate surface area is 151 Å². The van der Waals surface area contributed by atoms with E-state index in [9.17, 15) is 9.90 Å². The molecule has 140 valence electrons. The first kappa shape index (κ1) is 16.7. The summed E-state index contributed by atoms with van der Waals surface area (Å²) in [4.78, 5) is 12.4. The maximum atomic E-state index is 12.4. The zero-order valence-electron chi connectivity index (χ0n) is 16.3. The van der Waals surface area contributed by atoms with E-state index in [0.717, 1.165) is 25.7 Å². The van der Waals surface area contributed by atoms with Crippen molar-refractivity contribution in [2.45, 2.75) is 90.4 Å². The topological polar surface area (TPSA) is 49.8 Å². The quantitative estimate of drug-likeness (QED) is 0.731. The molecule has 4 aliphatic carbocycles. The first-order valence-corrected chi connectivity index (χ1v) is 10.6. The van der Waals surface area contributed by atoms with E-state index in [0.29, 0.717) is 35.6 Å². The summed E-state index contributed by atoms with van der Waals surface area (Å²) in [6.45, 7) is 9.04. The number of hydrogen-bond donors (Lipinski definition) is 1. The Bertz CT molecular complexity index is 616. The highest BCUT2D eigenvalue weighted by atomic mass is 16.6. The van der Waals surface area contributed by atoms with Crippen LogP contribution >= 0.6 is 0 Å². The largest absolute Gasteiger partial charge is 0.393 e. The van der Waals surface area contributed by atoms with Crippen molar-refractivity contribution in [1.82, 2.24) is 0 Å². The lowest BCUT2D eigenvalue weighted by atomic mass is 9.44. The maximum Gasteiger partial charge on any atom is 0.133 e. The molecule has 1 heterocycles. The number of epoxide rings is 1. The predicted molar refractivity (Wildman–Crippen MR) is 95.9 cm³/mol. The van der Waals surface area contributed by atoms with Gasteiger partial charge in [-0.05, 0) is 81.0 Å². The third-order valence-corrected chi connectivity index (χ3v) is 9.84. The summed E-state index contributed by atoms with van der Waals surface area (Å²) in [5, 5.41) is 10.4. The molecule has 1 spiro atoms. The van der Waals surface area contributed by atoms with Crippen molar-refractivity contribution in [1.29, 1.82) is 0 Å². The van der Waals surface area contributed by atoms with E-state index >= 15 is 0 Å². The molecular formula is C22H34O3. The van der Waals surface area contributed by atoms with Crippen molar-refractivity contribution in [3.05, 3.63) is 0 Å². The highest BCUT2D eigenvalue weighted by Crippen LogP contribution is 2.74. The number of hydrogen-bond acceptors (Lipinski definition) is 3. The Hall–Kier alpha value is -0.410. The molecule has 0 radical (unpaired) electrons. The van der Waals surface area contributed by atoms with E-state index in [2.05, 4.69) is 20.8 Å². The molecular weight excluding hydrogens is 312 g/mol. The van der Waals surface area contributed by atoms with Gasteiger partial charge in [0, 0.05) is 11.3 Å². The highest BCUT2D eigenvalue weighted by Gasteiger charge is 2.76. The molecule has 1 aliphatic heterocycles. The summed E-state index contributed by atoms with van der Waals surface area (Å²) in [5.74, 6) is 3.28. The van der Waals surface area contributed by atoms with Crippen LogP contribution in [0.25, 0.3) is 0 Å². The number of aliphatic hydroxyl groups excluding tert-OH is 1. The van der Waals surface area contributed by atoms with Gasteiger partial charge in [-0.1, -0.05) is 20.8 Å². The number of fused-ring (bicyclic) bond motifs is 4. The van der Waals surface area contributed by atoms with Crippen LogP contribution in [0.15, 0.2) is 0 Å². The van der Waals surface area contributed by atoms with Gasteiger partial charge in [-0.2, -0.15) is 0 Å². The lowest BCUT2D eigenvalue weighted by molar-refractivity contribution is -0.136. The molecule has 0 bridgehead atoms. The van der Waals surface area contributed by atoms with Gasteiger partial charge in [0.25, 0.3) is 0 Å². The van der Waals surface area contributed by atoms with Crippen LogP contribution in [0.3, 0.4) is 0 Å². The fourth-order valence-corrected chi connectivity index (χ4v) is 8.91. The van der Waals surface area contributed by atoms with Gasteiger partial charge in [-0.3, -0.25) is 4.79 Å². The Morgan fingerprint density at radius 3 is 2.64 bits per heavy atom. The second-order valence-corrected chi connectivity index (χ2v) is 10.8. The van der Waals surface area contributed by atoms with E-state index in [1.165, 1.54) is 19.3 Å². The fraction of sp³-hybridized carbons (Fsp3) is 0.955. The molecule has 0 aromatic carbocycles. The van der Waals surface area contributed by atoms with Gasteiger partial charge in [0.15, 0.2) is 0 Å². The third-order valence-electron chi connectivity index (χ3n) is 9.84. The van der Waals surface area contributed by atoms with E-state index in [-0.39, 0.29) is 28.5 Å². The molecule has 0 amide bonds. The third kappa shape index (κ3) is 1.87. The summed E-state index contributed by atoms with van der Waals surface area (Å²) >= 11 is 0. The van der Waals surface area contributed by atoms with Gasteiger partial charge in [0.05, 0.1) is 12.2 Å². The predicted octanol–water partition coefficient (Wildman–Crippen LogP) is 3.97. The molecule has 0 aromatic heterocycles. The molecule has 5 fully saturated rings. The summed E-state index contributed by atoms with van der Waals surface area (Å²) in [6, 6.07) is 0. The second-order valence-electron chi connectivity index (χ2n) is 10.8. The van der Waals surface area contributed by atoms with Gasteiger partial charge in [-0.15, -0.1) is 0 Å². The van der Waals surface area contributed by atoms with Crippen molar-refractivity contribution in [3.63, 3.8) is 0 Å². The van der Waals surface area contributed by atoms with Crippen LogP contribution in [0.5, 0.6) is 0 Å². The van der Waals surface area contributed by atoms with Crippen molar-refractivity contribution < 1.29 is 14.6 Å². The van der Waals surface area contributed by atoms with E-state index in [1.54, 1.807) is 0 Å². The Morgan fingerprint density at radius 1 is 1.16 bits per heavy atom. The van der Waals surface area contributed by atoms with Crippen LogP contribution in [-0.4, -0.2) is 28.7 Å².